The Morgan fingerprint density at radius 2 is 2.08 bits per heavy atom. The monoisotopic (exact) mass is 365 g/mol. The van der Waals surface area contributed by atoms with E-state index in [1.54, 1.807) is 0 Å². The van der Waals surface area contributed by atoms with Gasteiger partial charge in [-0.1, -0.05) is 30.3 Å². The van der Waals surface area contributed by atoms with Crippen molar-refractivity contribution >= 4 is 27.3 Å². The molecule has 1 aromatic carbocycles. The highest BCUT2D eigenvalue weighted by Gasteiger charge is 2.36. The molecule has 1 unspecified atom stereocenters. The molecular formula is C16H19N3O3S2. The summed E-state index contributed by atoms with van der Waals surface area (Å²) in [7, 11) is -3.39. The number of aromatic nitrogens is 1. The van der Waals surface area contributed by atoms with Gasteiger partial charge >= 0.3 is 0 Å². The van der Waals surface area contributed by atoms with Crippen LogP contribution >= 0.6 is 11.3 Å². The van der Waals surface area contributed by atoms with Crippen LogP contribution in [0.3, 0.4) is 0 Å². The molecule has 2 heterocycles. The van der Waals surface area contributed by atoms with Crippen molar-refractivity contribution in [1.29, 1.82) is 0 Å². The molecule has 2 aromatic rings. The fourth-order valence-electron chi connectivity index (χ4n) is 2.84. The smallest absolute Gasteiger partial charge is 0.266 e. The van der Waals surface area contributed by atoms with Crippen LogP contribution in [0.5, 0.6) is 0 Å². The molecule has 1 atom stereocenters. The van der Waals surface area contributed by atoms with Crippen molar-refractivity contribution in [3.8, 4) is 0 Å². The lowest BCUT2D eigenvalue weighted by atomic mass is 10.2. The maximum atomic E-state index is 12.5. The summed E-state index contributed by atoms with van der Waals surface area (Å²) in [4.78, 5) is 17.3. The Kier molecular flexibility index (Phi) is 4.98. The number of nitrogens with zero attached hydrogens (tertiary/aromatic N) is 3. The Morgan fingerprint density at radius 3 is 2.79 bits per heavy atom. The summed E-state index contributed by atoms with van der Waals surface area (Å²) in [5, 5.41) is 1.87. The third kappa shape index (κ3) is 3.82. The minimum atomic E-state index is -3.39. The summed E-state index contributed by atoms with van der Waals surface area (Å²) in [6.45, 7) is 1.01. The third-order valence-electron chi connectivity index (χ3n) is 3.98. The summed E-state index contributed by atoms with van der Waals surface area (Å²) in [5.74, 6) is -0.387. The number of benzene rings is 1. The average molecular weight is 365 g/mol. The van der Waals surface area contributed by atoms with Gasteiger partial charge in [-0.3, -0.25) is 4.79 Å². The molecule has 24 heavy (non-hydrogen) atoms. The normalized spacial score (nSPS) is 19.7. The highest BCUT2D eigenvalue weighted by molar-refractivity contribution is 7.88. The Labute approximate surface area is 145 Å². The SMILES string of the molecule is CS(=O)(=O)N1CCCC1C(=O)N=c1sccn1Cc1ccccc1. The molecule has 1 amide bonds. The van der Waals surface area contributed by atoms with E-state index in [2.05, 4.69) is 4.99 Å². The first-order valence-electron chi connectivity index (χ1n) is 7.68. The number of amides is 1. The predicted molar refractivity (Wildman–Crippen MR) is 93.0 cm³/mol. The molecule has 0 bridgehead atoms. The lowest BCUT2D eigenvalue weighted by molar-refractivity contribution is -0.121. The number of carbonyl (C=O) groups excluding carboxylic acids is 1. The van der Waals surface area contributed by atoms with E-state index >= 15 is 0 Å². The van der Waals surface area contributed by atoms with E-state index in [4.69, 9.17) is 0 Å². The molecule has 6 nitrogen and oxygen atoms in total. The largest absolute Gasteiger partial charge is 0.319 e. The Morgan fingerprint density at radius 1 is 1.33 bits per heavy atom. The van der Waals surface area contributed by atoms with Crippen molar-refractivity contribution in [1.82, 2.24) is 8.87 Å². The van der Waals surface area contributed by atoms with E-state index in [9.17, 15) is 13.2 Å². The zero-order valence-electron chi connectivity index (χ0n) is 13.3. The van der Waals surface area contributed by atoms with Gasteiger partial charge in [0.2, 0.25) is 10.0 Å². The van der Waals surface area contributed by atoms with Crippen LogP contribution in [0.1, 0.15) is 18.4 Å². The second-order valence-electron chi connectivity index (χ2n) is 5.78. The van der Waals surface area contributed by atoms with Crippen molar-refractivity contribution in [2.45, 2.75) is 25.4 Å². The van der Waals surface area contributed by atoms with Crippen LogP contribution in [0.2, 0.25) is 0 Å². The van der Waals surface area contributed by atoms with E-state index in [0.717, 1.165) is 11.8 Å². The molecule has 1 fully saturated rings. The number of hydrogen-bond acceptors (Lipinski definition) is 4. The van der Waals surface area contributed by atoms with Crippen LogP contribution in [0.15, 0.2) is 46.9 Å². The highest BCUT2D eigenvalue weighted by Crippen LogP contribution is 2.21. The van der Waals surface area contributed by atoms with Crippen LogP contribution < -0.4 is 4.80 Å². The molecule has 0 N–H and O–H groups in total. The van der Waals surface area contributed by atoms with Crippen molar-refractivity contribution in [3.05, 3.63) is 52.3 Å². The van der Waals surface area contributed by atoms with Crippen LogP contribution in [-0.2, 0) is 21.4 Å². The summed E-state index contributed by atoms with van der Waals surface area (Å²) in [5.41, 5.74) is 1.11. The number of hydrogen-bond donors (Lipinski definition) is 0. The maximum Gasteiger partial charge on any atom is 0.266 e. The summed E-state index contributed by atoms with van der Waals surface area (Å²) >= 11 is 1.37. The van der Waals surface area contributed by atoms with E-state index in [0.29, 0.717) is 30.7 Å². The summed E-state index contributed by atoms with van der Waals surface area (Å²) in [6.07, 6.45) is 4.24. The molecule has 1 aliphatic rings. The van der Waals surface area contributed by atoms with Gasteiger partial charge in [-0.25, -0.2) is 8.42 Å². The lowest BCUT2D eigenvalue weighted by Crippen LogP contribution is -2.39. The predicted octanol–water partition coefficient (Wildman–Crippen LogP) is 1.45. The molecule has 0 spiro atoms. The van der Waals surface area contributed by atoms with Crippen LogP contribution in [0.4, 0.5) is 0 Å². The Bertz CT molecular complexity index is 885. The molecule has 0 radical (unpaired) electrons. The third-order valence-corrected chi connectivity index (χ3v) is 6.06. The van der Waals surface area contributed by atoms with E-state index < -0.39 is 16.1 Å². The maximum absolute atomic E-state index is 12.5. The number of rotatable bonds is 4. The number of sulfonamides is 1. The minimum Gasteiger partial charge on any atom is -0.319 e. The van der Waals surface area contributed by atoms with Crippen molar-refractivity contribution in [2.24, 2.45) is 4.99 Å². The standard InChI is InChI=1S/C16H19N3O3S2/c1-24(21,22)19-9-5-8-14(19)15(20)17-16-18(10-11-23-16)12-13-6-3-2-4-7-13/h2-4,6-7,10-11,14H,5,8-9,12H2,1H3. The summed E-state index contributed by atoms with van der Waals surface area (Å²) in [6, 6.07) is 9.24. The van der Waals surface area contributed by atoms with E-state index in [-0.39, 0.29) is 5.91 Å². The van der Waals surface area contributed by atoms with Gasteiger partial charge in [0.15, 0.2) is 4.80 Å². The van der Waals surface area contributed by atoms with Crippen molar-refractivity contribution < 1.29 is 13.2 Å². The first-order valence-corrected chi connectivity index (χ1v) is 10.4. The van der Waals surface area contributed by atoms with Crippen molar-refractivity contribution in [3.63, 3.8) is 0 Å². The topological polar surface area (TPSA) is 71.7 Å². The number of thiazole rings is 1. The highest BCUT2D eigenvalue weighted by atomic mass is 32.2. The zero-order valence-corrected chi connectivity index (χ0v) is 15.0. The van der Waals surface area contributed by atoms with Crippen LogP contribution in [-0.4, -0.2) is 42.0 Å². The minimum absolute atomic E-state index is 0.387. The zero-order chi connectivity index (χ0) is 17.2. The second kappa shape index (κ2) is 7.00. The lowest BCUT2D eigenvalue weighted by Gasteiger charge is -2.18. The van der Waals surface area contributed by atoms with Gasteiger partial charge in [-0.2, -0.15) is 9.30 Å². The van der Waals surface area contributed by atoms with Gasteiger partial charge in [0.1, 0.15) is 6.04 Å². The van der Waals surface area contributed by atoms with Gasteiger partial charge in [-0.15, -0.1) is 11.3 Å². The Balaban J connectivity index is 1.84. The van der Waals surface area contributed by atoms with Gasteiger partial charge in [-0.05, 0) is 18.4 Å². The second-order valence-corrected chi connectivity index (χ2v) is 8.59. The molecule has 1 aromatic heterocycles. The van der Waals surface area contributed by atoms with Crippen molar-refractivity contribution in [2.75, 3.05) is 12.8 Å². The molecular weight excluding hydrogens is 346 g/mol. The quantitative estimate of drug-likeness (QED) is 0.823. The van der Waals surface area contributed by atoms with Gasteiger partial charge in [0.05, 0.1) is 6.26 Å². The fourth-order valence-corrected chi connectivity index (χ4v) is 4.69. The Hall–Kier alpha value is -1.77. The van der Waals surface area contributed by atoms with Gasteiger partial charge < -0.3 is 4.57 Å². The molecule has 3 rings (SSSR count). The first-order chi connectivity index (χ1) is 11.4. The first kappa shape index (κ1) is 17.1. The number of carbonyl (C=O) groups is 1. The molecule has 8 heteroatoms. The van der Waals surface area contributed by atoms with Gasteiger partial charge in [0, 0.05) is 24.7 Å². The molecule has 128 valence electrons. The van der Waals surface area contributed by atoms with E-state index in [1.807, 2.05) is 46.5 Å². The van der Waals surface area contributed by atoms with Crippen LogP contribution in [0, 0.1) is 0 Å². The van der Waals surface area contributed by atoms with Crippen LogP contribution in [0.25, 0.3) is 0 Å². The molecule has 1 aliphatic heterocycles. The molecule has 0 aliphatic carbocycles. The summed E-state index contributed by atoms with van der Waals surface area (Å²) < 4.78 is 26.7. The fraction of sp³-hybridized carbons (Fsp3) is 0.375. The molecule has 0 saturated carbocycles. The molecule has 1 saturated heterocycles. The van der Waals surface area contributed by atoms with E-state index in [1.165, 1.54) is 15.6 Å². The average Bonchev–Trinajstić information content (AvgIpc) is 3.17. The van der Waals surface area contributed by atoms with Gasteiger partial charge in [0.25, 0.3) is 5.91 Å².